The smallest absolute Gasteiger partial charge is 0.237 e. The first-order valence-electron chi connectivity index (χ1n) is 9.82. The highest BCUT2D eigenvalue weighted by Crippen LogP contribution is 2.20. The fourth-order valence-electron chi connectivity index (χ4n) is 3.35. The molecule has 0 aliphatic carbocycles. The predicted molar refractivity (Wildman–Crippen MR) is 113 cm³/mol. The lowest BCUT2D eigenvalue weighted by molar-refractivity contribution is -0.134. The second-order valence-corrected chi connectivity index (χ2v) is 7.98. The van der Waals surface area contributed by atoms with Crippen molar-refractivity contribution in [3.8, 4) is 10.7 Å². The number of halogens is 1. The molecule has 1 fully saturated rings. The van der Waals surface area contributed by atoms with E-state index in [1.54, 1.807) is 30.7 Å². The van der Waals surface area contributed by atoms with Crippen molar-refractivity contribution in [3.05, 3.63) is 65.3 Å². The highest BCUT2D eigenvalue weighted by atomic mass is 32.1. The molecule has 3 aromatic rings. The SMILES string of the molecule is O=C(CC1C(=O)NCCN1Cc1ccc(F)cc1)NCc1csc(-c2cnccn2)n1. The third kappa shape index (κ3) is 5.47. The Hall–Kier alpha value is -3.24. The number of hydrogen-bond donors (Lipinski definition) is 2. The lowest BCUT2D eigenvalue weighted by Gasteiger charge is -2.34. The third-order valence-corrected chi connectivity index (χ3v) is 5.83. The standard InChI is InChI=1S/C21H21FN6O2S/c22-15-3-1-14(2-4-15)12-28-8-7-25-20(30)18(28)9-19(29)26-10-16-13-31-21(27-16)17-11-23-5-6-24-17/h1-6,11,13,18H,7-10,12H2,(H,25,30)(H,26,29). The van der Waals surface area contributed by atoms with Gasteiger partial charge in [0.15, 0.2) is 0 Å². The molecule has 8 nitrogen and oxygen atoms in total. The first-order valence-corrected chi connectivity index (χ1v) is 10.7. The van der Waals surface area contributed by atoms with Crippen LogP contribution < -0.4 is 10.6 Å². The van der Waals surface area contributed by atoms with Gasteiger partial charge in [0.05, 0.1) is 30.9 Å². The normalized spacial score (nSPS) is 16.7. The summed E-state index contributed by atoms with van der Waals surface area (Å²) in [4.78, 5) is 39.6. The molecule has 1 aliphatic rings. The van der Waals surface area contributed by atoms with Crippen LogP contribution >= 0.6 is 11.3 Å². The van der Waals surface area contributed by atoms with Crippen molar-refractivity contribution in [1.29, 1.82) is 0 Å². The molecule has 3 heterocycles. The molecule has 0 spiro atoms. The average molecular weight is 441 g/mol. The van der Waals surface area contributed by atoms with E-state index in [0.29, 0.717) is 25.3 Å². The van der Waals surface area contributed by atoms with Crippen molar-refractivity contribution in [2.24, 2.45) is 0 Å². The molecule has 1 atom stereocenters. The molecule has 1 saturated heterocycles. The van der Waals surface area contributed by atoms with E-state index < -0.39 is 6.04 Å². The summed E-state index contributed by atoms with van der Waals surface area (Å²) in [5.74, 6) is -0.720. The van der Waals surface area contributed by atoms with E-state index in [1.807, 2.05) is 10.3 Å². The summed E-state index contributed by atoms with van der Waals surface area (Å²) in [6.07, 6.45) is 4.87. The molecule has 2 amide bonds. The Balaban J connectivity index is 1.34. The summed E-state index contributed by atoms with van der Waals surface area (Å²) in [5, 5.41) is 8.24. The summed E-state index contributed by atoms with van der Waals surface area (Å²) in [6.45, 7) is 1.87. The van der Waals surface area contributed by atoms with Gasteiger partial charge in [-0.3, -0.25) is 24.5 Å². The molecular formula is C21H21FN6O2S. The number of piperazine rings is 1. The second kappa shape index (κ2) is 9.71. The molecule has 10 heteroatoms. The fourth-order valence-corrected chi connectivity index (χ4v) is 4.13. The summed E-state index contributed by atoms with van der Waals surface area (Å²) >= 11 is 1.43. The minimum Gasteiger partial charge on any atom is -0.353 e. The van der Waals surface area contributed by atoms with Crippen molar-refractivity contribution in [3.63, 3.8) is 0 Å². The van der Waals surface area contributed by atoms with Gasteiger partial charge >= 0.3 is 0 Å². The van der Waals surface area contributed by atoms with Gasteiger partial charge in [-0.05, 0) is 17.7 Å². The number of nitrogens with zero attached hydrogens (tertiary/aromatic N) is 4. The molecule has 4 rings (SSSR count). The lowest BCUT2D eigenvalue weighted by Crippen LogP contribution is -2.56. The second-order valence-electron chi connectivity index (χ2n) is 7.12. The van der Waals surface area contributed by atoms with E-state index in [1.165, 1.54) is 23.5 Å². The number of carbonyl (C=O) groups is 2. The Morgan fingerprint density at radius 1 is 1.29 bits per heavy atom. The molecule has 1 aliphatic heterocycles. The Morgan fingerprint density at radius 3 is 2.90 bits per heavy atom. The molecule has 0 radical (unpaired) electrons. The highest BCUT2D eigenvalue weighted by Gasteiger charge is 2.31. The Labute approximate surface area is 182 Å². The zero-order chi connectivity index (χ0) is 21.6. The Morgan fingerprint density at radius 2 is 2.13 bits per heavy atom. The topological polar surface area (TPSA) is 100 Å². The van der Waals surface area contributed by atoms with Crippen LogP contribution in [0.4, 0.5) is 4.39 Å². The van der Waals surface area contributed by atoms with E-state index in [9.17, 15) is 14.0 Å². The maximum atomic E-state index is 13.2. The molecular weight excluding hydrogens is 419 g/mol. The van der Waals surface area contributed by atoms with Gasteiger partial charge in [-0.2, -0.15) is 0 Å². The van der Waals surface area contributed by atoms with E-state index in [2.05, 4.69) is 25.6 Å². The zero-order valence-electron chi connectivity index (χ0n) is 16.6. The fraction of sp³-hybridized carbons (Fsp3) is 0.286. The van der Waals surface area contributed by atoms with E-state index in [4.69, 9.17) is 0 Å². The first-order chi connectivity index (χ1) is 15.1. The van der Waals surface area contributed by atoms with E-state index in [-0.39, 0.29) is 30.6 Å². The molecule has 2 N–H and O–H groups in total. The molecule has 0 bridgehead atoms. The van der Waals surface area contributed by atoms with Crippen LogP contribution in [0, 0.1) is 5.82 Å². The van der Waals surface area contributed by atoms with Crippen LogP contribution in [0.1, 0.15) is 17.7 Å². The van der Waals surface area contributed by atoms with Crippen molar-refractivity contribution < 1.29 is 14.0 Å². The van der Waals surface area contributed by atoms with Crippen molar-refractivity contribution in [1.82, 2.24) is 30.5 Å². The van der Waals surface area contributed by atoms with Crippen LogP contribution in [0.3, 0.4) is 0 Å². The van der Waals surface area contributed by atoms with Gasteiger partial charge < -0.3 is 10.6 Å². The molecule has 2 aromatic heterocycles. The predicted octanol–water partition coefficient (Wildman–Crippen LogP) is 1.75. The van der Waals surface area contributed by atoms with Crippen molar-refractivity contribution >= 4 is 23.2 Å². The quantitative estimate of drug-likeness (QED) is 0.581. The zero-order valence-corrected chi connectivity index (χ0v) is 17.4. The minimum absolute atomic E-state index is 0.0359. The highest BCUT2D eigenvalue weighted by molar-refractivity contribution is 7.13. The van der Waals surface area contributed by atoms with E-state index in [0.717, 1.165) is 16.3 Å². The van der Waals surface area contributed by atoms with Crippen LogP contribution in [-0.2, 0) is 22.7 Å². The lowest BCUT2D eigenvalue weighted by atomic mass is 10.1. The molecule has 1 unspecified atom stereocenters. The molecule has 160 valence electrons. The van der Waals surface area contributed by atoms with E-state index >= 15 is 0 Å². The van der Waals surface area contributed by atoms with Crippen LogP contribution in [0.2, 0.25) is 0 Å². The van der Waals surface area contributed by atoms with Gasteiger partial charge in [-0.1, -0.05) is 12.1 Å². The van der Waals surface area contributed by atoms with Gasteiger partial charge in [0.2, 0.25) is 11.8 Å². The summed E-state index contributed by atoms with van der Waals surface area (Å²) in [6, 6.07) is 5.59. The number of benzene rings is 1. The van der Waals surface area contributed by atoms with Gasteiger partial charge in [0, 0.05) is 37.4 Å². The van der Waals surface area contributed by atoms with Gasteiger partial charge in [0.25, 0.3) is 0 Å². The Bertz CT molecular complexity index is 1040. The number of rotatable bonds is 7. The summed E-state index contributed by atoms with van der Waals surface area (Å²) in [7, 11) is 0. The molecule has 31 heavy (non-hydrogen) atoms. The number of hydrogen-bond acceptors (Lipinski definition) is 7. The minimum atomic E-state index is -0.579. The van der Waals surface area contributed by atoms with Crippen LogP contribution in [-0.4, -0.2) is 50.8 Å². The number of thiazole rings is 1. The van der Waals surface area contributed by atoms with Crippen molar-refractivity contribution in [2.45, 2.75) is 25.6 Å². The maximum Gasteiger partial charge on any atom is 0.237 e. The van der Waals surface area contributed by atoms with Crippen LogP contribution in [0.5, 0.6) is 0 Å². The Kier molecular flexibility index (Phi) is 6.58. The number of aromatic nitrogens is 3. The number of carbonyl (C=O) groups excluding carboxylic acids is 2. The van der Waals surface area contributed by atoms with Crippen molar-refractivity contribution in [2.75, 3.05) is 13.1 Å². The number of amides is 2. The summed E-state index contributed by atoms with van der Waals surface area (Å²) < 4.78 is 13.2. The number of nitrogens with one attached hydrogen (secondary N) is 2. The molecule has 1 aromatic carbocycles. The van der Waals surface area contributed by atoms with Gasteiger partial charge in [-0.25, -0.2) is 9.37 Å². The average Bonchev–Trinajstić information content (AvgIpc) is 3.26. The largest absolute Gasteiger partial charge is 0.353 e. The van der Waals surface area contributed by atoms with Crippen LogP contribution in [0.25, 0.3) is 10.7 Å². The van der Waals surface area contributed by atoms with Gasteiger partial charge in [-0.15, -0.1) is 11.3 Å². The monoisotopic (exact) mass is 440 g/mol. The maximum absolute atomic E-state index is 13.2. The van der Waals surface area contributed by atoms with Crippen LogP contribution in [0.15, 0.2) is 48.2 Å². The molecule has 0 saturated carbocycles. The third-order valence-electron chi connectivity index (χ3n) is 4.92. The van der Waals surface area contributed by atoms with Gasteiger partial charge in [0.1, 0.15) is 16.5 Å². The summed E-state index contributed by atoms with van der Waals surface area (Å²) in [5.41, 5.74) is 2.29. The first kappa shape index (κ1) is 21.0.